The third-order valence-corrected chi connectivity index (χ3v) is 3.98. The number of nitrogens with one attached hydrogen (secondary N) is 1. The molecule has 0 saturated carbocycles. The van der Waals surface area contributed by atoms with Gasteiger partial charge in [-0.3, -0.25) is 4.79 Å². The summed E-state index contributed by atoms with van der Waals surface area (Å²) in [6.07, 6.45) is 4.71. The van der Waals surface area contributed by atoms with Crippen LogP contribution in [0.5, 0.6) is 0 Å². The summed E-state index contributed by atoms with van der Waals surface area (Å²) in [4.78, 5) is 14.9. The summed E-state index contributed by atoms with van der Waals surface area (Å²) in [6.45, 7) is 12.5. The van der Waals surface area contributed by atoms with E-state index in [0.717, 1.165) is 24.5 Å². The molecule has 0 spiro atoms. The van der Waals surface area contributed by atoms with Crippen LogP contribution >= 0.6 is 0 Å². The van der Waals surface area contributed by atoms with E-state index in [9.17, 15) is 4.79 Å². The fourth-order valence-electron chi connectivity index (χ4n) is 2.87. The van der Waals surface area contributed by atoms with Crippen LogP contribution in [0.4, 0.5) is 5.69 Å². The first-order valence-corrected chi connectivity index (χ1v) is 8.20. The number of hydrogen-bond donors (Lipinski definition) is 1. The van der Waals surface area contributed by atoms with E-state index in [2.05, 4.69) is 34.8 Å². The number of Topliss-reactive ketones (excluding diaryl/α,β-unsaturated/α-hetero) is 1. The van der Waals surface area contributed by atoms with E-state index in [4.69, 9.17) is 0 Å². The monoisotopic (exact) mass is 293 g/mol. The van der Waals surface area contributed by atoms with E-state index in [0.29, 0.717) is 6.04 Å². The van der Waals surface area contributed by atoms with Crippen molar-refractivity contribution in [3.63, 3.8) is 0 Å². The van der Waals surface area contributed by atoms with Gasteiger partial charge < -0.3 is 14.8 Å². The van der Waals surface area contributed by atoms with Crippen molar-refractivity contribution in [3.05, 3.63) is 18.0 Å². The molecule has 21 heavy (non-hydrogen) atoms. The largest absolute Gasteiger partial charge is 0.382 e. The molecule has 4 heteroatoms. The van der Waals surface area contributed by atoms with Crippen molar-refractivity contribution in [2.24, 2.45) is 5.92 Å². The Morgan fingerprint density at radius 1 is 1.24 bits per heavy atom. The van der Waals surface area contributed by atoms with Gasteiger partial charge >= 0.3 is 0 Å². The maximum Gasteiger partial charge on any atom is 0.181 e. The molecule has 0 aliphatic carbocycles. The molecule has 0 bridgehead atoms. The zero-order valence-electron chi connectivity index (χ0n) is 13.9. The molecule has 0 radical (unpaired) electrons. The summed E-state index contributed by atoms with van der Waals surface area (Å²) in [7, 11) is 0. The molecule has 1 fully saturated rings. The van der Waals surface area contributed by atoms with Gasteiger partial charge in [0.1, 0.15) is 0 Å². The van der Waals surface area contributed by atoms with E-state index in [1.165, 1.54) is 25.9 Å². The van der Waals surface area contributed by atoms with Crippen LogP contribution in [0.3, 0.4) is 0 Å². The van der Waals surface area contributed by atoms with Crippen LogP contribution in [-0.2, 0) is 6.54 Å². The van der Waals surface area contributed by atoms with Crippen LogP contribution in [-0.4, -0.2) is 40.9 Å². The number of aromatic nitrogens is 1. The Kier molecular flexibility index (Phi) is 5.45. The van der Waals surface area contributed by atoms with Gasteiger partial charge in [-0.05, 0) is 45.8 Å². The first kappa shape index (κ1) is 16.1. The molecular weight excluding hydrogens is 262 g/mol. The smallest absolute Gasteiger partial charge is 0.181 e. The van der Waals surface area contributed by atoms with Crippen LogP contribution in [0.25, 0.3) is 0 Å². The highest BCUT2D eigenvalue weighted by molar-refractivity contribution is 5.97. The second-order valence-electron chi connectivity index (χ2n) is 6.67. The van der Waals surface area contributed by atoms with E-state index in [-0.39, 0.29) is 13.1 Å². The fourth-order valence-corrected chi connectivity index (χ4v) is 2.87. The minimum absolute atomic E-state index is 0. The van der Waals surface area contributed by atoms with Crippen LogP contribution < -0.4 is 5.32 Å². The lowest BCUT2D eigenvalue weighted by Crippen LogP contribution is -2.25. The number of carbonyl (C=O) groups is 1. The highest BCUT2D eigenvalue weighted by Crippen LogP contribution is 2.19. The molecule has 120 valence electrons. The van der Waals surface area contributed by atoms with Gasteiger partial charge in [-0.2, -0.15) is 0 Å². The number of hydrogen-bond acceptors (Lipinski definition) is 3. The van der Waals surface area contributed by atoms with Gasteiger partial charge in [0.15, 0.2) is 5.78 Å². The van der Waals surface area contributed by atoms with E-state index < -0.39 is 0 Å². The van der Waals surface area contributed by atoms with Gasteiger partial charge in [-0.15, -0.1) is 0 Å². The standard InChI is InChI=1S/C17H29N3O.H2/c1-13(2)17(21)16-11-15(18-14(3)4)12-20(16)10-9-19-7-5-6-8-19;/h11-14,18H,5-10H2,1-4H3;1H. The van der Waals surface area contributed by atoms with Crippen molar-refractivity contribution in [1.29, 1.82) is 0 Å². The van der Waals surface area contributed by atoms with E-state index in [1.807, 2.05) is 19.9 Å². The van der Waals surface area contributed by atoms with Crippen LogP contribution in [0.15, 0.2) is 12.3 Å². The summed E-state index contributed by atoms with van der Waals surface area (Å²) in [6, 6.07) is 2.38. The van der Waals surface area contributed by atoms with Gasteiger partial charge in [-0.25, -0.2) is 0 Å². The fraction of sp³-hybridized carbons (Fsp3) is 0.706. The van der Waals surface area contributed by atoms with Crippen LogP contribution in [0, 0.1) is 5.92 Å². The number of likely N-dealkylation sites (tertiary alicyclic amines) is 1. The molecule has 2 rings (SSSR count). The van der Waals surface area contributed by atoms with Crippen molar-refractivity contribution in [1.82, 2.24) is 9.47 Å². The quantitative estimate of drug-likeness (QED) is 0.782. The third kappa shape index (κ3) is 4.34. The summed E-state index contributed by atoms with van der Waals surface area (Å²) >= 11 is 0. The Morgan fingerprint density at radius 3 is 2.48 bits per heavy atom. The van der Waals surface area contributed by atoms with Gasteiger partial charge in [0.05, 0.1) is 11.4 Å². The molecule has 1 aliphatic rings. The lowest BCUT2D eigenvalue weighted by molar-refractivity contribution is 0.0929. The number of nitrogens with zero attached hydrogens (tertiary/aromatic N) is 2. The zero-order chi connectivity index (χ0) is 15.4. The number of anilines is 1. The Labute approximate surface area is 130 Å². The maximum absolute atomic E-state index is 12.4. The van der Waals surface area contributed by atoms with Gasteiger partial charge in [0.25, 0.3) is 0 Å². The first-order chi connectivity index (χ1) is 9.97. The Bertz CT molecular complexity index is 476. The van der Waals surface area contributed by atoms with E-state index in [1.54, 1.807) is 0 Å². The molecule has 0 atom stereocenters. The predicted octanol–water partition coefficient (Wildman–Crippen LogP) is 3.49. The van der Waals surface area contributed by atoms with Crippen LogP contribution in [0.2, 0.25) is 0 Å². The summed E-state index contributed by atoms with van der Waals surface area (Å²) < 4.78 is 2.13. The Morgan fingerprint density at radius 2 is 1.90 bits per heavy atom. The second-order valence-corrected chi connectivity index (χ2v) is 6.67. The summed E-state index contributed by atoms with van der Waals surface area (Å²) in [5.74, 6) is 0.269. The topological polar surface area (TPSA) is 37.3 Å². The SMILES string of the molecule is CC(C)Nc1cc(C(=O)C(C)C)n(CCN2CCCC2)c1.[HH]. The number of ketones is 1. The molecular formula is C17H31N3O. The van der Waals surface area contributed by atoms with Crippen molar-refractivity contribution < 1.29 is 6.22 Å². The molecule has 0 amide bonds. The molecule has 0 aromatic carbocycles. The first-order valence-electron chi connectivity index (χ1n) is 8.20. The lowest BCUT2D eigenvalue weighted by Gasteiger charge is -2.16. The van der Waals surface area contributed by atoms with E-state index >= 15 is 0 Å². The molecule has 1 N–H and O–H groups in total. The Balaban J connectivity index is 0.00000242. The highest BCUT2D eigenvalue weighted by Gasteiger charge is 2.18. The summed E-state index contributed by atoms with van der Waals surface area (Å²) in [5, 5.41) is 3.40. The van der Waals surface area contributed by atoms with Gasteiger partial charge in [0, 0.05) is 32.7 Å². The average Bonchev–Trinajstić information content (AvgIpc) is 3.03. The predicted molar refractivity (Wildman–Crippen MR) is 90.1 cm³/mol. The number of carbonyl (C=O) groups excluding carboxylic acids is 1. The average molecular weight is 293 g/mol. The zero-order valence-corrected chi connectivity index (χ0v) is 13.9. The molecule has 1 aromatic heterocycles. The molecule has 4 nitrogen and oxygen atoms in total. The van der Waals surface area contributed by atoms with Crippen molar-refractivity contribution in [2.75, 3.05) is 25.0 Å². The van der Waals surface area contributed by atoms with Crippen molar-refractivity contribution in [2.45, 2.75) is 53.1 Å². The van der Waals surface area contributed by atoms with Gasteiger partial charge in [-0.1, -0.05) is 13.8 Å². The van der Waals surface area contributed by atoms with Crippen LogP contribution in [0.1, 0.15) is 52.5 Å². The third-order valence-electron chi connectivity index (χ3n) is 3.98. The van der Waals surface area contributed by atoms with Crippen molar-refractivity contribution in [3.8, 4) is 0 Å². The number of rotatable bonds is 7. The Hall–Kier alpha value is -1.29. The lowest BCUT2D eigenvalue weighted by atomic mass is 10.1. The normalized spacial score (nSPS) is 16.1. The minimum Gasteiger partial charge on any atom is -0.382 e. The maximum atomic E-state index is 12.4. The molecule has 0 unspecified atom stereocenters. The minimum atomic E-state index is 0. The van der Waals surface area contributed by atoms with Gasteiger partial charge in [0.2, 0.25) is 0 Å². The van der Waals surface area contributed by atoms with Crippen molar-refractivity contribution >= 4 is 11.5 Å². The highest BCUT2D eigenvalue weighted by atomic mass is 16.1. The molecule has 1 aromatic rings. The summed E-state index contributed by atoms with van der Waals surface area (Å²) in [5.41, 5.74) is 1.89. The molecule has 1 saturated heterocycles. The second kappa shape index (κ2) is 7.12. The molecule has 1 aliphatic heterocycles. The molecule has 2 heterocycles.